The second-order valence-corrected chi connectivity index (χ2v) is 4.25. The van der Waals surface area contributed by atoms with Crippen molar-refractivity contribution in [1.29, 1.82) is 0 Å². The molecule has 0 aliphatic heterocycles. The summed E-state index contributed by atoms with van der Waals surface area (Å²) >= 11 is 6.05. The standard InChI is InChI=1S/C11H10ClN5/c1-16-5-7(4-15-16)9-3-8-10(12)13-6-14-11(8)17(9)2/h3-6H,1-2H3. The molecule has 0 spiro atoms. The maximum absolute atomic E-state index is 6.05. The van der Waals surface area contributed by atoms with E-state index in [4.69, 9.17) is 11.6 Å². The van der Waals surface area contributed by atoms with Crippen LogP contribution in [0.5, 0.6) is 0 Å². The van der Waals surface area contributed by atoms with Gasteiger partial charge in [-0.2, -0.15) is 5.10 Å². The Morgan fingerprint density at radius 2 is 2.06 bits per heavy atom. The van der Waals surface area contributed by atoms with Crippen LogP contribution in [0.15, 0.2) is 24.8 Å². The molecule has 3 aromatic heterocycles. The summed E-state index contributed by atoms with van der Waals surface area (Å²) in [6.07, 6.45) is 5.24. The van der Waals surface area contributed by atoms with Crippen molar-refractivity contribution in [3.8, 4) is 11.3 Å². The van der Waals surface area contributed by atoms with Gasteiger partial charge in [0.2, 0.25) is 0 Å². The molecule has 0 fully saturated rings. The highest BCUT2D eigenvalue weighted by atomic mass is 35.5. The average Bonchev–Trinajstić information content (AvgIpc) is 2.85. The van der Waals surface area contributed by atoms with Gasteiger partial charge in [0, 0.05) is 25.9 Å². The first-order valence-electron chi connectivity index (χ1n) is 5.12. The van der Waals surface area contributed by atoms with Gasteiger partial charge in [-0.1, -0.05) is 11.6 Å². The number of nitrogens with zero attached hydrogens (tertiary/aromatic N) is 5. The minimum absolute atomic E-state index is 0.473. The molecule has 0 saturated carbocycles. The zero-order chi connectivity index (χ0) is 12.0. The molecule has 0 aliphatic rings. The Labute approximate surface area is 103 Å². The molecule has 0 bridgehead atoms. The van der Waals surface area contributed by atoms with Crippen LogP contribution in [0.25, 0.3) is 22.3 Å². The molecule has 0 aliphatic carbocycles. The van der Waals surface area contributed by atoms with Gasteiger partial charge in [-0.15, -0.1) is 0 Å². The van der Waals surface area contributed by atoms with Gasteiger partial charge >= 0.3 is 0 Å². The van der Waals surface area contributed by atoms with E-state index >= 15 is 0 Å². The molecule has 17 heavy (non-hydrogen) atoms. The van der Waals surface area contributed by atoms with Crippen molar-refractivity contribution in [2.24, 2.45) is 14.1 Å². The Morgan fingerprint density at radius 3 is 2.71 bits per heavy atom. The predicted molar refractivity (Wildman–Crippen MR) is 65.7 cm³/mol. The summed E-state index contributed by atoms with van der Waals surface area (Å²) in [5, 5.41) is 5.49. The third kappa shape index (κ3) is 1.51. The van der Waals surface area contributed by atoms with Crippen LogP contribution < -0.4 is 0 Å². The molecule has 3 heterocycles. The summed E-state index contributed by atoms with van der Waals surface area (Å²) < 4.78 is 3.75. The molecule has 0 unspecified atom stereocenters. The monoisotopic (exact) mass is 247 g/mol. The van der Waals surface area contributed by atoms with E-state index in [0.717, 1.165) is 22.3 Å². The van der Waals surface area contributed by atoms with Crippen LogP contribution in [0.4, 0.5) is 0 Å². The Hall–Kier alpha value is -1.88. The topological polar surface area (TPSA) is 48.5 Å². The van der Waals surface area contributed by atoms with Crippen LogP contribution in [0, 0.1) is 0 Å². The minimum Gasteiger partial charge on any atom is -0.328 e. The summed E-state index contributed by atoms with van der Waals surface area (Å²) in [5.41, 5.74) is 2.88. The van der Waals surface area contributed by atoms with Crippen LogP contribution in [-0.4, -0.2) is 24.3 Å². The van der Waals surface area contributed by atoms with Gasteiger partial charge in [-0.3, -0.25) is 4.68 Å². The number of aromatic nitrogens is 5. The van der Waals surface area contributed by atoms with E-state index < -0.39 is 0 Å². The Balaban J connectivity index is 2.31. The number of hydrogen-bond donors (Lipinski definition) is 0. The molecular formula is C11H10ClN5. The van der Waals surface area contributed by atoms with E-state index in [9.17, 15) is 0 Å². The average molecular weight is 248 g/mol. The molecule has 5 nitrogen and oxygen atoms in total. The summed E-state index contributed by atoms with van der Waals surface area (Å²) in [7, 11) is 3.84. The van der Waals surface area contributed by atoms with Crippen LogP contribution in [0.3, 0.4) is 0 Å². The highest BCUT2D eigenvalue weighted by molar-refractivity contribution is 6.34. The highest BCUT2D eigenvalue weighted by Gasteiger charge is 2.12. The van der Waals surface area contributed by atoms with E-state index in [1.165, 1.54) is 6.33 Å². The van der Waals surface area contributed by atoms with Crippen molar-refractivity contribution < 1.29 is 0 Å². The summed E-state index contributed by atoms with van der Waals surface area (Å²) in [5.74, 6) is 0. The van der Waals surface area contributed by atoms with Gasteiger partial charge in [0.25, 0.3) is 0 Å². The van der Waals surface area contributed by atoms with E-state index in [-0.39, 0.29) is 0 Å². The molecule has 3 aromatic rings. The van der Waals surface area contributed by atoms with Gasteiger partial charge in [0.1, 0.15) is 17.1 Å². The quantitative estimate of drug-likeness (QED) is 0.618. The van der Waals surface area contributed by atoms with Gasteiger partial charge in [0.05, 0.1) is 17.3 Å². The van der Waals surface area contributed by atoms with Crippen LogP contribution in [0.2, 0.25) is 5.15 Å². The summed E-state index contributed by atoms with van der Waals surface area (Å²) in [6, 6.07) is 1.98. The molecule has 0 atom stereocenters. The van der Waals surface area contributed by atoms with Gasteiger partial charge in [-0.05, 0) is 6.07 Å². The van der Waals surface area contributed by atoms with E-state index in [2.05, 4.69) is 15.1 Å². The highest BCUT2D eigenvalue weighted by Crippen LogP contribution is 2.28. The lowest BCUT2D eigenvalue weighted by molar-refractivity contribution is 0.768. The third-order valence-corrected chi connectivity index (χ3v) is 3.08. The first kappa shape index (κ1) is 10.3. The normalized spacial score (nSPS) is 11.2. The molecule has 0 saturated heterocycles. The molecule has 6 heteroatoms. The third-order valence-electron chi connectivity index (χ3n) is 2.78. The first-order valence-corrected chi connectivity index (χ1v) is 5.49. The maximum Gasteiger partial charge on any atom is 0.145 e. The Morgan fingerprint density at radius 1 is 1.24 bits per heavy atom. The molecule has 86 valence electrons. The fourth-order valence-corrected chi connectivity index (χ4v) is 2.12. The smallest absolute Gasteiger partial charge is 0.145 e. The van der Waals surface area contributed by atoms with Gasteiger partial charge in [-0.25, -0.2) is 9.97 Å². The van der Waals surface area contributed by atoms with Gasteiger partial charge < -0.3 is 4.57 Å². The van der Waals surface area contributed by atoms with Crippen LogP contribution in [0.1, 0.15) is 0 Å². The molecular weight excluding hydrogens is 238 g/mol. The number of hydrogen-bond acceptors (Lipinski definition) is 3. The van der Waals surface area contributed by atoms with Crippen molar-refractivity contribution in [2.45, 2.75) is 0 Å². The summed E-state index contributed by atoms with van der Waals surface area (Å²) in [4.78, 5) is 8.22. The van der Waals surface area contributed by atoms with Crippen molar-refractivity contribution >= 4 is 22.6 Å². The second-order valence-electron chi connectivity index (χ2n) is 3.89. The maximum atomic E-state index is 6.05. The van der Waals surface area contributed by atoms with Gasteiger partial charge in [0.15, 0.2) is 0 Å². The van der Waals surface area contributed by atoms with E-state index in [1.54, 1.807) is 4.68 Å². The Kier molecular flexibility index (Phi) is 2.16. The molecule has 0 aromatic carbocycles. The number of rotatable bonds is 1. The Bertz CT molecular complexity index is 697. The lowest BCUT2D eigenvalue weighted by atomic mass is 10.2. The van der Waals surface area contributed by atoms with Crippen molar-refractivity contribution in [3.05, 3.63) is 29.9 Å². The van der Waals surface area contributed by atoms with Crippen LogP contribution in [-0.2, 0) is 14.1 Å². The molecule has 0 N–H and O–H groups in total. The predicted octanol–water partition coefficient (Wildman–Crippen LogP) is 2.02. The van der Waals surface area contributed by atoms with E-state index in [0.29, 0.717) is 5.15 Å². The number of halogens is 1. The first-order chi connectivity index (χ1) is 8.16. The fourth-order valence-electron chi connectivity index (χ4n) is 1.94. The molecule has 3 rings (SSSR count). The van der Waals surface area contributed by atoms with Crippen molar-refractivity contribution in [2.75, 3.05) is 0 Å². The SMILES string of the molecule is Cn1cc(-c2cc3c(Cl)ncnc3n2C)cn1. The molecule has 0 radical (unpaired) electrons. The zero-order valence-corrected chi connectivity index (χ0v) is 10.2. The summed E-state index contributed by atoms with van der Waals surface area (Å²) in [6.45, 7) is 0. The number of aryl methyl sites for hydroxylation is 2. The molecule has 0 amide bonds. The zero-order valence-electron chi connectivity index (χ0n) is 9.42. The lowest BCUT2D eigenvalue weighted by Gasteiger charge is -1.99. The second kappa shape index (κ2) is 3.56. The van der Waals surface area contributed by atoms with Crippen LogP contribution >= 0.6 is 11.6 Å². The number of fused-ring (bicyclic) bond motifs is 1. The lowest BCUT2D eigenvalue weighted by Crippen LogP contribution is -1.92. The van der Waals surface area contributed by atoms with Crippen molar-refractivity contribution in [1.82, 2.24) is 24.3 Å². The fraction of sp³-hybridized carbons (Fsp3) is 0.182. The minimum atomic E-state index is 0.473. The largest absolute Gasteiger partial charge is 0.328 e. The van der Waals surface area contributed by atoms with E-state index in [1.807, 2.05) is 37.1 Å². The van der Waals surface area contributed by atoms with Crippen molar-refractivity contribution in [3.63, 3.8) is 0 Å².